The summed E-state index contributed by atoms with van der Waals surface area (Å²) in [6, 6.07) is 19.3. The molecule has 1 amide bonds. The van der Waals surface area contributed by atoms with E-state index in [4.69, 9.17) is 4.74 Å². The molecule has 5 heteroatoms. The predicted octanol–water partition coefficient (Wildman–Crippen LogP) is 3.45. The summed E-state index contributed by atoms with van der Waals surface area (Å²) in [5, 5.41) is 1.27. The van der Waals surface area contributed by atoms with Gasteiger partial charge < -0.3 is 14.2 Å². The molecule has 6 rings (SSSR count). The van der Waals surface area contributed by atoms with Crippen LogP contribution in [0.1, 0.15) is 30.1 Å². The van der Waals surface area contributed by atoms with Gasteiger partial charge in [-0.3, -0.25) is 9.69 Å². The van der Waals surface area contributed by atoms with E-state index >= 15 is 0 Å². The van der Waals surface area contributed by atoms with Crippen LogP contribution >= 0.6 is 0 Å². The Hall–Kier alpha value is -2.63. The molecular weight excluding hydrogens is 362 g/mol. The van der Waals surface area contributed by atoms with Crippen LogP contribution in [0.3, 0.4) is 0 Å². The maximum atomic E-state index is 12.8. The third-order valence-corrected chi connectivity index (χ3v) is 7.05. The van der Waals surface area contributed by atoms with Gasteiger partial charge in [0, 0.05) is 44.7 Å². The van der Waals surface area contributed by atoms with Crippen LogP contribution in [-0.4, -0.2) is 45.1 Å². The van der Waals surface area contributed by atoms with Crippen LogP contribution in [0.5, 0.6) is 0 Å². The smallest absolute Gasteiger partial charge is 0.226 e. The average molecular weight is 387 g/mol. The molecule has 1 spiro atoms. The summed E-state index contributed by atoms with van der Waals surface area (Å²) < 4.78 is 8.80. The van der Waals surface area contributed by atoms with Gasteiger partial charge in [-0.25, -0.2) is 0 Å². The molecule has 3 saturated heterocycles. The quantitative estimate of drug-likeness (QED) is 0.691. The summed E-state index contributed by atoms with van der Waals surface area (Å²) in [6.07, 6.45) is 3.53. The van der Waals surface area contributed by atoms with Crippen LogP contribution in [0.2, 0.25) is 0 Å². The van der Waals surface area contributed by atoms with Crippen molar-refractivity contribution >= 4 is 16.8 Å². The van der Waals surface area contributed by atoms with Gasteiger partial charge in [0.2, 0.25) is 5.91 Å². The number of rotatable bonds is 3. The van der Waals surface area contributed by atoms with Crippen molar-refractivity contribution in [1.29, 1.82) is 0 Å². The molecule has 0 saturated carbocycles. The third-order valence-electron chi connectivity index (χ3n) is 7.05. The Morgan fingerprint density at radius 2 is 2.00 bits per heavy atom. The number of benzene rings is 2. The second-order valence-corrected chi connectivity index (χ2v) is 8.63. The van der Waals surface area contributed by atoms with Gasteiger partial charge in [0.05, 0.1) is 12.6 Å². The number of nitrogens with zero attached hydrogens (tertiary/aromatic N) is 3. The minimum atomic E-state index is -0.450. The van der Waals surface area contributed by atoms with Crippen molar-refractivity contribution in [2.24, 2.45) is 7.05 Å². The van der Waals surface area contributed by atoms with E-state index in [1.165, 1.54) is 16.5 Å². The Morgan fingerprint density at radius 3 is 2.86 bits per heavy atom. The summed E-state index contributed by atoms with van der Waals surface area (Å²) in [4.78, 5) is 17.3. The van der Waals surface area contributed by atoms with Crippen molar-refractivity contribution < 1.29 is 9.53 Å². The standard InChI is InChI=1S/C24H25N3O2/c1-25-11-9-19-13-17(7-8-20(19)25)15-26-12-10-24-22(26)14-23(28)27(24)16-21(29-24)18-5-3-2-4-6-18/h2-9,11,13,21-22H,10,12,14-16H2,1H3/t21-,22-,24+/m1/s1. The number of ether oxygens (including phenoxy) is 1. The Balaban J connectivity index is 1.27. The van der Waals surface area contributed by atoms with Gasteiger partial charge in [-0.05, 0) is 34.7 Å². The topological polar surface area (TPSA) is 37.7 Å². The second kappa shape index (κ2) is 6.18. The molecule has 0 N–H and O–H groups in total. The van der Waals surface area contributed by atoms with Crippen LogP contribution in [0.25, 0.3) is 10.9 Å². The molecule has 3 fully saturated rings. The number of hydrogen-bond acceptors (Lipinski definition) is 3. The maximum absolute atomic E-state index is 12.8. The van der Waals surface area contributed by atoms with E-state index in [-0.39, 0.29) is 18.1 Å². The van der Waals surface area contributed by atoms with Crippen LogP contribution in [0.15, 0.2) is 60.8 Å². The number of hydrogen-bond donors (Lipinski definition) is 0. The molecule has 29 heavy (non-hydrogen) atoms. The molecule has 0 unspecified atom stereocenters. The molecule has 5 nitrogen and oxygen atoms in total. The number of fused-ring (bicyclic) bond motifs is 1. The lowest BCUT2D eigenvalue weighted by Gasteiger charge is -2.32. The zero-order valence-corrected chi connectivity index (χ0v) is 16.6. The molecule has 3 atom stereocenters. The van der Waals surface area contributed by atoms with Gasteiger partial charge in [0.1, 0.15) is 6.10 Å². The second-order valence-electron chi connectivity index (χ2n) is 8.63. The van der Waals surface area contributed by atoms with Gasteiger partial charge in [-0.1, -0.05) is 36.4 Å². The van der Waals surface area contributed by atoms with Crippen LogP contribution in [0, 0.1) is 0 Å². The fourth-order valence-corrected chi connectivity index (χ4v) is 5.60. The Labute approximate surface area is 170 Å². The Kier molecular flexibility index (Phi) is 3.68. The highest BCUT2D eigenvalue weighted by Crippen LogP contribution is 2.50. The minimum Gasteiger partial charge on any atom is -0.351 e. The van der Waals surface area contributed by atoms with Crippen LogP contribution < -0.4 is 0 Å². The average Bonchev–Trinajstić information content (AvgIpc) is 3.45. The highest BCUT2D eigenvalue weighted by molar-refractivity contribution is 5.82. The van der Waals surface area contributed by atoms with Gasteiger partial charge in [0.15, 0.2) is 5.72 Å². The Bertz CT molecular complexity index is 1090. The molecule has 0 bridgehead atoms. The molecule has 4 heterocycles. The van der Waals surface area contributed by atoms with E-state index in [1.54, 1.807) is 0 Å². The lowest BCUT2D eigenvalue weighted by atomic mass is 10.1. The monoisotopic (exact) mass is 387 g/mol. The van der Waals surface area contributed by atoms with E-state index < -0.39 is 5.72 Å². The number of aryl methyl sites for hydroxylation is 1. The molecule has 3 aliphatic heterocycles. The number of likely N-dealkylation sites (tertiary alicyclic amines) is 1. The van der Waals surface area contributed by atoms with Crippen molar-refractivity contribution in [2.45, 2.75) is 37.3 Å². The molecule has 0 radical (unpaired) electrons. The van der Waals surface area contributed by atoms with E-state index in [9.17, 15) is 4.79 Å². The van der Waals surface area contributed by atoms with Gasteiger partial charge in [0.25, 0.3) is 0 Å². The highest BCUT2D eigenvalue weighted by Gasteiger charge is 2.63. The van der Waals surface area contributed by atoms with E-state index in [0.29, 0.717) is 13.0 Å². The van der Waals surface area contributed by atoms with E-state index in [2.05, 4.69) is 59.1 Å². The fourth-order valence-electron chi connectivity index (χ4n) is 5.60. The van der Waals surface area contributed by atoms with Crippen molar-refractivity contribution in [3.8, 4) is 0 Å². The lowest BCUT2D eigenvalue weighted by molar-refractivity contribution is -0.138. The van der Waals surface area contributed by atoms with Crippen molar-refractivity contribution in [3.63, 3.8) is 0 Å². The van der Waals surface area contributed by atoms with Crippen molar-refractivity contribution in [3.05, 3.63) is 71.9 Å². The van der Waals surface area contributed by atoms with E-state index in [0.717, 1.165) is 25.1 Å². The predicted molar refractivity (Wildman–Crippen MR) is 111 cm³/mol. The number of carbonyl (C=O) groups excluding carboxylic acids is 1. The van der Waals surface area contributed by atoms with Gasteiger partial charge >= 0.3 is 0 Å². The summed E-state index contributed by atoms with van der Waals surface area (Å²) in [6.45, 7) is 2.49. The third kappa shape index (κ3) is 2.51. The summed E-state index contributed by atoms with van der Waals surface area (Å²) in [7, 11) is 2.07. The first-order valence-electron chi connectivity index (χ1n) is 10.5. The molecule has 148 valence electrons. The summed E-state index contributed by atoms with van der Waals surface area (Å²) in [5.74, 6) is 0.233. The van der Waals surface area contributed by atoms with Crippen LogP contribution in [-0.2, 0) is 23.1 Å². The first kappa shape index (κ1) is 17.2. The Morgan fingerprint density at radius 1 is 1.14 bits per heavy atom. The van der Waals surface area contributed by atoms with Crippen molar-refractivity contribution in [2.75, 3.05) is 13.1 Å². The molecule has 3 aromatic rings. The largest absolute Gasteiger partial charge is 0.351 e. The van der Waals surface area contributed by atoms with Crippen molar-refractivity contribution in [1.82, 2.24) is 14.4 Å². The number of amides is 1. The highest BCUT2D eigenvalue weighted by atomic mass is 16.5. The van der Waals surface area contributed by atoms with Crippen LogP contribution in [0.4, 0.5) is 0 Å². The number of carbonyl (C=O) groups is 1. The number of aromatic nitrogens is 1. The molecule has 1 aromatic heterocycles. The van der Waals surface area contributed by atoms with Gasteiger partial charge in [-0.15, -0.1) is 0 Å². The SMILES string of the molecule is Cn1ccc2cc(CN3CC[C@@]45O[C@@H](c6ccccc6)CN4C(=O)C[C@@H]35)ccc21. The lowest BCUT2D eigenvalue weighted by Crippen LogP contribution is -2.47. The minimum absolute atomic E-state index is 0.0245. The van der Waals surface area contributed by atoms with E-state index in [1.807, 2.05) is 23.1 Å². The fraction of sp³-hybridized carbons (Fsp3) is 0.375. The first-order chi connectivity index (χ1) is 14.1. The zero-order valence-electron chi connectivity index (χ0n) is 16.6. The summed E-state index contributed by atoms with van der Waals surface area (Å²) >= 11 is 0. The molecule has 3 aliphatic rings. The normalized spacial score (nSPS) is 29.0. The maximum Gasteiger partial charge on any atom is 0.226 e. The molecular formula is C24H25N3O2. The molecule has 0 aliphatic carbocycles. The molecule has 2 aromatic carbocycles. The summed E-state index contributed by atoms with van der Waals surface area (Å²) in [5.41, 5.74) is 3.26. The van der Waals surface area contributed by atoms with Gasteiger partial charge in [-0.2, -0.15) is 0 Å². The first-order valence-corrected chi connectivity index (χ1v) is 10.5. The zero-order chi connectivity index (χ0) is 19.6.